The first-order valence-electron chi connectivity index (χ1n) is 15.8. The number of aryl methyl sites for hydroxylation is 1. The molecular formula is C38H22N8S2. The largest absolute Gasteiger partial charge is 0.313 e. The molecule has 0 radical (unpaired) electrons. The lowest BCUT2D eigenvalue weighted by Gasteiger charge is -2.06. The molecule has 0 N–H and O–H groups in total. The fraction of sp³-hybridized carbons (Fsp3) is 0.0526. The minimum Gasteiger partial charge on any atom is -0.313 e. The van der Waals surface area contributed by atoms with E-state index < -0.39 is 0 Å². The van der Waals surface area contributed by atoms with Crippen LogP contribution in [0.25, 0.3) is 96.0 Å². The second kappa shape index (κ2) is 8.74. The fourth-order valence-corrected chi connectivity index (χ4v) is 10.4. The number of hydrogen-bond acceptors (Lipinski definition) is 6. The smallest absolute Gasteiger partial charge is 0.216 e. The Balaban J connectivity index is 1.13. The number of hydrogen-bond donors (Lipinski definition) is 0. The van der Waals surface area contributed by atoms with Crippen molar-refractivity contribution in [3.8, 4) is 0 Å². The molecule has 0 saturated heterocycles. The van der Waals surface area contributed by atoms with Crippen LogP contribution in [-0.2, 0) is 13.6 Å². The number of rotatable bonds is 2. The molecule has 0 spiro atoms. The SMILES string of the molecule is Cn1c2ccc3c4ccnc(Cn5c6ccccc6n6c7ccc8c9ccncc9sc8c7nc56)c4sc3c2n2c3ccccc3nc12. The van der Waals surface area contributed by atoms with E-state index in [1.807, 2.05) is 29.9 Å². The van der Waals surface area contributed by atoms with E-state index >= 15 is 0 Å². The van der Waals surface area contributed by atoms with Crippen molar-refractivity contribution in [3.05, 3.63) is 109 Å². The number of fused-ring (bicyclic) bond motifs is 18. The van der Waals surface area contributed by atoms with Crippen molar-refractivity contribution in [3.63, 3.8) is 0 Å². The quantitative estimate of drug-likeness (QED) is 0.186. The van der Waals surface area contributed by atoms with Gasteiger partial charge in [-0.1, -0.05) is 36.4 Å². The summed E-state index contributed by atoms with van der Waals surface area (Å²) in [4.78, 5) is 19.8. The van der Waals surface area contributed by atoms with Crippen molar-refractivity contribution in [2.45, 2.75) is 6.54 Å². The highest BCUT2D eigenvalue weighted by molar-refractivity contribution is 7.27. The van der Waals surface area contributed by atoms with Gasteiger partial charge in [0.2, 0.25) is 11.6 Å². The molecule has 48 heavy (non-hydrogen) atoms. The second-order valence-electron chi connectivity index (χ2n) is 12.4. The van der Waals surface area contributed by atoms with Crippen LogP contribution in [0.2, 0.25) is 0 Å². The summed E-state index contributed by atoms with van der Waals surface area (Å²) in [7, 11) is 2.11. The Morgan fingerprint density at radius 3 is 2.29 bits per heavy atom. The zero-order chi connectivity index (χ0) is 31.2. The van der Waals surface area contributed by atoms with Gasteiger partial charge >= 0.3 is 0 Å². The highest BCUT2D eigenvalue weighted by Gasteiger charge is 2.22. The van der Waals surface area contributed by atoms with Gasteiger partial charge in [0.25, 0.3) is 0 Å². The number of benzene rings is 4. The van der Waals surface area contributed by atoms with Gasteiger partial charge in [-0.05, 0) is 48.5 Å². The summed E-state index contributed by atoms with van der Waals surface area (Å²) in [5, 5.41) is 4.92. The third-order valence-electron chi connectivity index (χ3n) is 10.0. The first-order valence-corrected chi connectivity index (χ1v) is 17.5. The second-order valence-corrected chi connectivity index (χ2v) is 14.5. The summed E-state index contributed by atoms with van der Waals surface area (Å²) in [5.74, 6) is 1.87. The summed E-state index contributed by atoms with van der Waals surface area (Å²) in [5.41, 5.74) is 9.95. The summed E-state index contributed by atoms with van der Waals surface area (Å²) >= 11 is 3.60. The maximum Gasteiger partial charge on any atom is 0.216 e. The lowest BCUT2D eigenvalue weighted by atomic mass is 10.1. The van der Waals surface area contributed by atoms with Crippen LogP contribution < -0.4 is 0 Å². The Morgan fingerprint density at radius 2 is 1.38 bits per heavy atom. The summed E-state index contributed by atoms with van der Waals surface area (Å²) in [6, 6.07) is 30.2. The van der Waals surface area contributed by atoms with Crippen LogP contribution in [0.4, 0.5) is 0 Å². The third kappa shape index (κ3) is 3.00. The number of imidazole rings is 4. The van der Waals surface area contributed by atoms with Gasteiger partial charge in [-0.2, -0.15) is 0 Å². The van der Waals surface area contributed by atoms with Gasteiger partial charge < -0.3 is 9.13 Å². The first-order chi connectivity index (χ1) is 23.7. The normalized spacial score (nSPS) is 12.8. The van der Waals surface area contributed by atoms with Gasteiger partial charge in [-0.25, -0.2) is 9.97 Å². The Bertz CT molecular complexity index is 3350. The Kier molecular flexibility index (Phi) is 4.60. The maximum atomic E-state index is 5.37. The van der Waals surface area contributed by atoms with Crippen molar-refractivity contribution in [1.29, 1.82) is 0 Å². The van der Waals surface area contributed by atoms with Crippen molar-refractivity contribution in [2.24, 2.45) is 7.05 Å². The Morgan fingerprint density at radius 1 is 0.604 bits per heavy atom. The van der Waals surface area contributed by atoms with E-state index in [1.54, 1.807) is 11.3 Å². The monoisotopic (exact) mass is 654 g/mol. The summed E-state index contributed by atoms with van der Waals surface area (Å²) < 4.78 is 14.0. The highest BCUT2D eigenvalue weighted by Crippen LogP contribution is 2.42. The molecule has 10 heteroatoms. The highest BCUT2D eigenvalue weighted by atomic mass is 32.1. The number of pyridine rings is 2. The standard InChI is InChI=1S/C38H22N8S2/c1-43-30-13-11-22-23-15-17-40-25(34(23)48-36(22)33(30)46-26-7-3-2-6-24(26)41-37(43)46)19-44-27-8-4-5-9-28(27)45-29-12-10-21-20-14-16-39-18-31(20)47-35(21)32(29)42-38(44)45/h2-18H,19H2,1H3. The van der Waals surface area contributed by atoms with E-state index in [0.717, 1.165) is 50.3 Å². The van der Waals surface area contributed by atoms with Crippen LogP contribution in [0.3, 0.4) is 0 Å². The fourth-order valence-electron chi connectivity index (χ4n) is 7.89. The topological polar surface area (TPSA) is 70.2 Å². The molecular weight excluding hydrogens is 633 g/mol. The van der Waals surface area contributed by atoms with E-state index in [9.17, 15) is 0 Å². The molecule has 8 aromatic heterocycles. The van der Waals surface area contributed by atoms with Crippen molar-refractivity contribution >= 4 is 119 Å². The zero-order valence-electron chi connectivity index (χ0n) is 25.4. The van der Waals surface area contributed by atoms with Gasteiger partial charge in [-0.3, -0.25) is 18.8 Å². The van der Waals surface area contributed by atoms with Crippen LogP contribution in [0, 0.1) is 0 Å². The number of thiophene rings is 2. The zero-order valence-corrected chi connectivity index (χ0v) is 27.0. The molecule has 0 aliphatic rings. The van der Waals surface area contributed by atoms with Crippen molar-refractivity contribution in [2.75, 3.05) is 0 Å². The number of para-hydroxylation sites is 4. The van der Waals surface area contributed by atoms with Gasteiger partial charge in [0, 0.05) is 47.2 Å². The maximum absolute atomic E-state index is 5.37. The van der Waals surface area contributed by atoms with E-state index in [2.05, 4.69) is 115 Å². The number of nitrogens with zero attached hydrogens (tertiary/aromatic N) is 8. The summed E-state index contributed by atoms with van der Waals surface area (Å²) in [6.45, 7) is 0.603. The van der Waals surface area contributed by atoms with Crippen LogP contribution in [0.15, 0.2) is 104 Å². The van der Waals surface area contributed by atoms with Gasteiger partial charge in [-0.15, -0.1) is 22.7 Å². The molecule has 4 aromatic carbocycles. The molecule has 0 unspecified atom stereocenters. The molecule has 8 heterocycles. The molecule has 0 amide bonds. The Hall–Kier alpha value is -5.84. The molecule has 226 valence electrons. The predicted octanol–water partition coefficient (Wildman–Crippen LogP) is 9.31. The van der Waals surface area contributed by atoms with Crippen molar-refractivity contribution in [1.82, 2.24) is 37.9 Å². The predicted molar refractivity (Wildman–Crippen MR) is 198 cm³/mol. The van der Waals surface area contributed by atoms with Crippen molar-refractivity contribution < 1.29 is 0 Å². The number of aromatic nitrogens is 8. The average Bonchev–Trinajstić information content (AvgIpc) is 3.95. The lowest BCUT2D eigenvalue weighted by Crippen LogP contribution is -2.02. The minimum atomic E-state index is 0.603. The lowest BCUT2D eigenvalue weighted by molar-refractivity contribution is 0.827. The van der Waals surface area contributed by atoms with E-state index in [0.29, 0.717) is 6.54 Å². The first kappa shape index (κ1) is 25.3. The molecule has 0 bridgehead atoms. The average molecular weight is 655 g/mol. The van der Waals surface area contributed by atoms with Gasteiger partial charge in [0.15, 0.2) is 0 Å². The Labute approximate surface area is 278 Å². The van der Waals surface area contributed by atoms with Crippen LogP contribution in [0.1, 0.15) is 5.69 Å². The molecule has 0 saturated carbocycles. The molecule has 0 aliphatic heterocycles. The molecule has 0 fully saturated rings. The van der Waals surface area contributed by atoms with E-state index in [1.165, 1.54) is 51.4 Å². The van der Waals surface area contributed by atoms with Gasteiger partial charge in [0.05, 0.1) is 69.7 Å². The van der Waals surface area contributed by atoms with E-state index in [-0.39, 0.29) is 0 Å². The third-order valence-corrected chi connectivity index (χ3v) is 12.5. The van der Waals surface area contributed by atoms with Gasteiger partial charge in [0.1, 0.15) is 5.52 Å². The molecule has 12 aromatic rings. The summed E-state index contributed by atoms with van der Waals surface area (Å²) in [6.07, 6.45) is 5.79. The molecule has 12 rings (SSSR count). The molecule has 0 aliphatic carbocycles. The van der Waals surface area contributed by atoms with Crippen LogP contribution >= 0.6 is 22.7 Å². The van der Waals surface area contributed by atoms with Crippen LogP contribution in [-0.4, -0.2) is 37.9 Å². The molecule has 8 nitrogen and oxygen atoms in total. The minimum absolute atomic E-state index is 0.603. The van der Waals surface area contributed by atoms with Crippen LogP contribution in [0.5, 0.6) is 0 Å². The molecule has 0 atom stereocenters. The van der Waals surface area contributed by atoms with E-state index in [4.69, 9.17) is 15.0 Å².